The molecule has 136 valence electrons. The van der Waals surface area contributed by atoms with Gasteiger partial charge in [-0.25, -0.2) is 4.98 Å². The molecule has 2 aromatic rings. The Morgan fingerprint density at radius 1 is 1.16 bits per heavy atom. The zero-order valence-electron chi connectivity index (χ0n) is 14.8. The van der Waals surface area contributed by atoms with Crippen molar-refractivity contribution in [2.45, 2.75) is 39.3 Å². The van der Waals surface area contributed by atoms with Crippen LogP contribution in [0.25, 0.3) is 0 Å². The van der Waals surface area contributed by atoms with Crippen LogP contribution in [0.5, 0.6) is 6.01 Å². The van der Waals surface area contributed by atoms with Gasteiger partial charge in [-0.05, 0) is 30.0 Å². The molecule has 0 unspecified atom stereocenters. The van der Waals surface area contributed by atoms with Crippen LogP contribution in [0.1, 0.15) is 44.2 Å². The molecular weight excluding hydrogens is 331 g/mol. The summed E-state index contributed by atoms with van der Waals surface area (Å²) in [5, 5.41) is 0. The summed E-state index contributed by atoms with van der Waals surface area (Å²) < 4.78 is 45.3. The van der Waals surface area contributed by atoms with Crippen molar-refractivity contribution in [2.75, 3.05) is 18.6 Å². The number of aromatic nitrogens is 2. The second-order valence-electron chi connectivity index (χ2n) is 6.04. The van der Waals surface area contributed by atoms with Gasteiger partial charge >= 0.3 is 12.2 Å². The van der Waals surface area contributed by atoms with E-state index >= 15 is 0 Å². The van der Waals surface area contributed by atoms with Crippen LogP contribution < -0.4 is 9.64 Å². The number of ether oxygens (including phenoxy) is 1. The lowest BCUT2D eigenvalue weighted by molar-refractivity contribution is -0.137. The number of benzene rings is 1. The minimum atomic E-state index is -4.55. The van der Waals surface area contributed by atoms with Crippen LogP contribution in [-0.4, -0.2) is 23.6 Å². The maximum absolute atomic E-state index is 13.3. The second-order valence-corrected chi connectivity index (χ2v) is 6.04. The van der Waals surface area contributed by atoms with Gasteiger partial charge in [-0.2, -0.15) is 18.2 Å². The highest BCUT2D eigenvalue weighted by Gasteiger charge is 2.36. The van der Waals surface area contributed by atoms with Gasteiger partial charge in [-0.3, -0.25) is 0 Å². The Morgan fingerprint density at radius 3 is 2.32 bits per heavy atom. The third-order valence-electron chi connectivity index (χ3n) is 3.75. The third kappa shape index (κ3) is 4.61. The Bertz CT molecular complexity index is 700. The van der Waals surface area contributed by atoms with Crippen molar-refractivity contribution in [3.63, 3.8) is 0 Å². The van der Waals surface area contributed by atoms with Gasteiger partial charge in [-0.1, -0.05) is 32.9 Å². The van der Waals surface area contributed by atoms with E-state index in [2.05, 4.69) is 23.8 Å². The fraction of sp³-hybridized carbons (Fsp3) is 0.444. The predicted molar refractivity (Wildman–Crippen MR) is 91.4 cm³/mol. The van der Waals surface area contributed by atoms with E-state index in [1.165, 1.54) is 4.90 Å². The second kappa shape index (κ2) is 7.72. The average Bonchev–Trinajstić information content (AvgIpc) is 2.58. The van der Waals surface area contributed by atoms with Gasteiger partial charge in [0.15, 0.2) is 5.82 Å². The van der Waals surface area contributed by atoms with E-state index in [1.807, 2.05) is 19.1 Å². The van der Waals surface area contributed by atoms with E-state index in [9.17, 15) is 13.2 Å². The quantitative estimate of drug-likeness (QED) is 0.718. The molecule has 2 rings (SSSR count). The van der Waals surface area contributed by atoms with Crippen molar-refractivity contribution in [1.82, 2.24) is 9.97 Å². The van der Waals surface area contributed by atoms with E-state index < -0.39 is 11.7 Å². The number of anilines is 2. The summed E-state index contributed by atoms with van der Waals surface area (Å²) in [6, 6.07) is 7.31. The SMILES string of the molecule is CCCOc1ncc(C(F)(F)F)c(N(C)c2ccc(C(C)C)cc2)n1. The normalized spacial score (nSPS) is 11.7. The standard InChI is InChI=1S/C18H22F3N3O/c1-5-10-25-17-22-11-15(18(19,20)21)16(23-17)24(4)14-8-6-13(7-9-14)12(2)3/h6-9,11-12H,5,10H2,1-4H3. The Morgan fingerprint density at radius 2 is 1.80 bits per heavy atom. The van der Waals surface area contributed by atoms with Gasteiger partial charge in [0.2, 0.25) is 0 Å². The Labute approximate surface area is 145 Å². The van der Waals surface area contributed by atoms with Crippen LogP contribution >= 0.6 is 0 Å². The highest BCUT2D eigenvalue weighted by molar-refractivity contribution is 5.63. The first-order valence-corrected chi connectivity index (χ1v) is 8.14. The average molecular weight is 353 g/mol. The summed E-state index contributed by atoms with van der Waals surface area (Å²) >= 11 is 0. The van der Waals surface area contributed by atoms with Crippen LogP contribution in [-0.2, 0) is 6.18 Å². The summed E-state index contributed by atoms with van der Waals surface area (Å²) in [7, 11) is 1.55. The zero-order chi connectivity index (χ0) is 18.6. The predicted octanol–water partition coefficient (Wildman–Crippen LogP) is 5.18. The van der Waals surface area contributed by atoms with Crippen molar-refractivity contribution in [1.29, 1.82) is 0 Å². The Hall–Kier alpha value is -2.31. The summed E-state index contributed by atoms with van der Waals surface area (Å²) in [4.78, 5) is 9.06. The molecule has 0 N–H and O–H groups in total. The van der Waals surface area contributed by atoms with Crippen LogP contribution in [0.2, 0.25) is 0 Å². The van der Waals surface area contributed by atoms with Gasteiger partial charge < -0.3 is 9.64 Å². The molecule has 0 atom stereocenters. The molecule has 0 aliphatic heterocycles. The molecule has 0 saturated carbocycles. The monoisotopic (exact) mass is 353 g/mol. The molecule has 0 amide bonds. The molecule has 1 heterocycles. The third-order valence-corrected chi connectivity index (χ3v) is 3.75. The van der Waals surface area contributed by atoms with E-state index in [4.69, 9.17) is 4.74 Å². The molecule has 1 aromatic carbocycles. The van der Waals surface area contributed by atoms with Crippen LogP contribution in [0.3, 0.4) is 0 Å². The molecule has 0 aliphatic carbocycles. The summed E-state index contributed by atoms with van der Waals surface area (Å²) in [6.07, 6.45) is -3.07. The van der Waals surface area contributed by atoms with Crippen molar-refractivity contribution in [2.24, 2.45) is 0 Å². The molecule has 0 radical (unpaired) electrons. The number of alkyl halides is 3. The highest BCUT2D eigenvalue weighted by atomic mass is 19.4. The van der Waals surface area contributed by atoms with Gasteiger partial charge in [0.1, 0.15) is 5.56 Å². The van der Waals surface area contributed by atoms with E-state index in [-0.39, 0.29) is 11.8 Å². The topological polar surface area (TPSA) is 38.2 Å². The molecule has 0 saturated heterocycles. The lowest BCUT2D eigenvalue weighted by Gasteiger charge is -2.23. The number of hydrogen-bond acceptors (Lipinski definition) is 4. The lowest BCUT2D eigenvalue weighted by Crippen LogP contribution is -2.19. The first-order chi connectivity index (χ1) is 11.7. The molecule has 0 spiro atoms. The summed E-state index contributed by atoms with van der Waals surface area (Å²) in [6.45, 7) is 6.36. The van der Waals surface area contributed by atoms with Crippen LogP contribution in [0, 0.1) is 0 Å². The Kier molecular flexibility index (Phi) is 5.87. The summed E-state index contributed by atoms with van der Waals surface area (Å²) in [5.41, 5.74) is 0.824. The summed E-state index contributed by atoms with van der Waals surface area (Å²) in [5.74, 6) is 0.115. The molecule has 1 aromatic heterocycles. The lowest BCUT2D eigenvalue weighted by atomic mass is 10.0. The molecule has 25 heavy (non-hydrogen) atoms. The number of hydrogen-bond donors (Lipinski definition) is 0. The highest BCUT2D eigenvalue weighted by Crippen LogP contribution is 2.37. The minimum Gasteiger partial charge on any atom is -0.463 e. The maximum Gasteiger partial charge on any atom is 0.421 e. The van der Waals surface area contributed by atoms with Gasteiger partial charge in [0.25, 0.3) is 0 Å². The van der Waals surface area contributed by atoms with Crippen molar-refractivity contribution < 1.29 is 17.9 Å². The van der Waals surface area contributed by atoms with Gasteiger partial charge in [0, 0.05) is 18.9 Å². The fourth-order valence-corrected chi connectivity index (χ4v) is 2.28. The van der Waals surface area contributed by atoms with E-state index in [1.54, 1.807) is 19.2 Å². The fourth-order valence-electron chi connectivity index (χ4n) is 2.28. The van der Waals surface area contributed by atoms with E-state index in [0.717, 1.165) is 11.8 Å². The first-order valence-electron chi connectivity index (χ1n) is 8.14. The van der Waals surface area contributed by atoms with Gasteiger partial charge in [0.05, 0.1) is 6.61 Å². The molecule has 0 aliphatic rings. The maximum atomic E-state index is 13.3. The van der Waals surface area contributed by atoms with Crippen LogP contribution in [0.4, 0.5) is 24.7 Å². The largest absolute Gasteiger partial charge is 0.463 e. The number of nitrogens with zero attached hydrogens (tertiary/aromatic N) is 3. The van der Waals surface area contributed by atoms with Crippen molar-refractivity contribution in [3.8, 4) is 6.01 Å². The van der Waals surface area contributed by atoms with Crippen molar-refractivity contribution in [3.05, 3.63) is 41.6 Å². The smallest absolute Gasteiger partial charge is 0.421 e. The molecule has 0 bridgehead atoms. The zero-order valence-corrected chi connectivity index (χ0v) is 14.8. The van der Waals surface area contributed by atoms with Gasteiger partial charge in [-0.15, -0.1) is 0 Å². The molecule has 4 nitrogen and oxygen atoms in total. The molecule has 0 fully saturated rings. The van der Waals surface area contributed by atoms with Crippen LogP contribution in [0.15, 0.2) is 30.5 Å². The minimum absolute atomic E-state index is 0.0597. The first kappa shape index (κ1) is 19.0. The van der Waals surface area contributed by atoms with Crippen molar-refractivity contribution >= 4 is 11.5 Å². The Balaban J connectivity index is 2.42. The molecule has 7 heteroatoms. The number of rotatable bonds is 6. The van der Waals surface area contributed by atoms with E-state index in [0.29, 0.717) is 24.6 Å². The number of halogens is 3. The molecular formula is C18H22F3N3O.